The average Bonchev–Trinajstić information content (AvgIpc) is 2.61. The Labute approximate surface area is 181 Å². The number of fused-ring (bicyclic) bond motifs is 1. The van der Waals surface area contributed by atoms with Gasteiger partial charge in [0.2, 0.25) is 0 Å². The van der Waals surface area contributed by atoms with Crippen LogP contribution in [0.1, 0.15) is 12.8 Å². The lowest BCUT2D eigenvalue weighted by atomic mass is 10.1. The van der Waals surface area contributed by atoms with Crippen molar-refractivity contribution >= 4 is 50.6 Å². The van der Waals surface area contributed by atoms with E-state index in [1.54, 1.807) is 12.1 Å². The second-order valence-electron chi connectivity index (χ2n) is 6.52. The maximum atomic E-state index is 13.2. The molecule has 0 aliphatic carbocycles. The van der Waals surface area contributed by atoms with E-state index < -0.39 is 0 Å². The van der Waals surface area contributed by atoms with Gasteiger partial charge < -0.3 is 10.2 Å². The van der Waals surface area contributed by atoms with Gasteiger partial charge in [-0.25, -0.2) is 9.37 Å². The Morgan fingerprint density at radius 2 is 1.67 bits per heavy atom. The summed E-state index contributed by atoms with van der Waals surface area (Å²) in [6.07, 6.45) is 2.27. The van der Waals surface area contributed by atoms with E-state index in [0.29, 0.717) is 0 Å². The molecule has 0 radical (unpaired) electrons. The molecule has 0 saturated heterocycles. The number of nitrogens with zero attached hydrogens (tertiary/aromatic N) is 2. The van der Waals surface area contributed by atoms with Crippen LogP contribution in [0.3, 0.4) is 0 Å². The molecule has 0 unspecified atom stereocenters. The van der Waals surface area contributed by atoms with Gasteiger partial charge >= 0.3 is 0 Å². The van der Waals surface area contributed by atoms with Crippen LogP contribution < -0.4 is 5.32 Å². The van der Waals surface area contributed by atoms with Gasteiger partial charge in [-0.3, -0.25) is 0 Å². The summed E-state index contributed by atoms with van der Waals surface area (Å²) in [6.45, 7) is 2.02. The van der Waals surface area contributed by atoms with E-state index in [1.165, 1.54) is 12.1 Å². The standard InChI is InChI=1S/C21H24FN3.2BrH/c1-25(2)14-6-5-13-23-21-15-20(16-9-11-17(22)12-10-16)24-19-8-4-3-7-18(19)21;;/h3-4,7-12,15H,5-6,13-14H2,1-2H3,(H,23,24);2*1H. The van der Waals surface area contributed by atoms with Gasteiger partial charge in [-0.15, -0.1) is 34.0 Å². The van der Waals surface area contributed by atoms with Gasteiger partial charge in [0.1, 0.15) is 5.82 Å². The van der Waals surface area contributed by atoms with E-state index in [2.05, 4.69) is 36.4 Å². The van der Waals surface area contributed by atoms with Crippen LogP contribution in [0.25, 0.3) is 22.2 Å². The van der Waals surface area contributed by atoms with Crippen molar-refractivity contribution in [2.24, 2.45) is 0 Å². The fourth-order valence-corrected chi connectivity index (χ4v) is 2.87. The van der Waals surface area contributed by atoms with Crippen molar-refractivity contribution in [1.29, 1.82) is 0 Å². The molecule has 6 heteroatoms. The van der Waals surface area contributed by atoms with Gasteiger partial charge in [0.15, 0.2) is 0 Å². The summed E-state index contributed by atoms with van der Waals surface area (Å²) in [7, 11) is 4.19. The third-order valence-electron chi connectivity index (χ3n) is 4.20. The van der Waals surface area contributed by atoms with Crippen LogP contribution in [0, 0.1) is 5.82 Å². The lowest BCUT2D eigenvalue weighted by Crippen LogP contribution is -2.14. The molecule has 3 rings (SSSR count). The van der Waals surface area contributed by atoms with Crippen molar-refractivity contribution in [3.8, 4) is 11.3 Å². The first-order valence-corrected chi connectivity index (χ1v) is 8.68. The Bertz CT molecular complexity index is 838. The van der Waals surface area contributed by atoms with E-state index in [1.807, 2.05) is 18.2 Å². The highest BCUT2D eigenvalue weighted by Crippen LogP contribution is 2.28. The third kappa shape index (κ3) is 6.55. The Morgan fingerprint density at radius 1 is 0.963 bits per heavy atom. The molecule has 0 spiro atoms. The third-order valence-corrected chi connectivity index (χ3v) is 4.20. The summed E-state index contributed by atoms with van der Waals surface area (Å²) in [5, 5.41) is 4.66. The molecule has 1 aromatic heterocycles. The highest BCUT2D eigenvalue weighted by atomic mass is 79.9. The first kappa shape index (κ1) is 23.5. The molecule has 0 bridgehead atoms. The van der Waals surface area contributed by atoms with Gasteiger partial charge in [0.05, 0.1) is 11.2 Å². The molecule has 146 valence electrons. The summed E-state index contributed by atoms with van der Waals surface area (Å²) >= 11 is 0. The number of aromatic nitrogens is 1. The van der Waals surface area contributed by atoms with Crippen molar-refractivity contribution < 1.29 is 4.39 Å². The van der Waals surface area contributed by atoms with Crippen LogP contribution in [0.15, 0.2) is 54.6 Å². The summed E-state index contributed by atoms with van der Waals surface area (Å²) < 4.78 is 13.2. The summed E-state index contributed by atoms with van der Waals surface area (Å²) in [6, 6.07) is 16.7. The molecule has 2 aromatic carbocycles. The molecule has 1 N–H and O–H groups in total. The first-order chi connectivity index (χ1) is 12.1. The Balaban J connectivity index is 0.00000182. The lowest BCUT2D eigenvalue weighted by molar-refractivity contribution is 0.396. The maximum absolute atomic E-state index is 13.2. The second kappa shape index (κ2) is 11.4. The second-order valence-corrected chi connectivity index (χ2v) is 6.52. The highest BCUT2D eigenvalue weighted by molar-refractivity contribution is 8.93. The van der Waals surface area contributed by atoms with Gasteiger partial charge in [-0.1, -0.05) is 18.2 Å². The predicted octanol–water partition coefficient (Wildman–Crippen LogP) is 5.95. The smallest absolute Gasteiger partial charge is 0.123 e. The van der Waals surface area contributed by atoms with Crippen LogP contribution >= 0.6 is 34.0 Å². The van der Waals surface area contributed by atoms with Crippen molar-refractivity contribution in [3.05, 3.63) is 60.4 Å². The van der Waals surface area contributed by atoms with Crippen LogP contribution in [-0.4, -0.2) is 37.1 Å². The zero-order valence-electron chi connectivity index (χ0n) is 15.6. The summed E-state index contributed by atoms with van der Waals surface area (Å²) in [4.78, 5) is 6.94. The molecule has 3 nitrogen and oxygen atoms in total. The number of rotatable bonds is 7. The molecule has 0 saturated carbocycles. The number of pyridine rings is 1. The fraction of sp³-hybridized carbons (Fsp3) is 0.286. The Hall–Kier alpha value is -1.50. The molecule has 0 atom stereocenters. The molecule has 0 aliphatic rings. The van der Waals surface area contributed by atoms with E-state index >= 15 is 0 Å². The molecule has 1 heterocycles. The van der Waals surface area contributed by atoms with Gasteiger partial charge in [0.25, 0.3) is 0 Å². The molecule has 0 aliphatic heterocycles. The Morgan fingerprint density at radius 3 is 2.37 bits per heavy atom. The van der Waals surface area contributed by atoms with Gasteiger partial charge in [0, 0.05) is 23.2 Å². The van der Waals surface area contributed by atoms with Crippen LogP contribution in [0.4, 0.5) is 10.1 Å². The van der Waals surface area contributed by atoms with Crippen molar-refractivity contribution in [1.82, 2.24) is 9.88 Å². The highest BCUT2D eigenvalue weighted by Gasteiger charge is 2.07. The zero-order valence-corrected chi connectivity index (χ0v) is 19.0. The number of nitrogens with one attached hydrogen (secondary N) is 1. The molecule has 0 amide bonds. The average molecular weight is 499 g/mol. The molecular weight excluding hydrogens is 473 g/mol. The normalized spacial score (nSPS) is 10.4. The van der Waals surface area contributed by atoms with Crippen LogP contribution in [0.2, 0.25) is 0 Å². The minimum Gasteiger partial charge on any atom is -0.384 e. The number of hydrogen-bond donors (Lipinski definition) is 1. The quantitative estimate of drug-likeness (QED) is 0.408. The number of benzene rings is 2. The maximum Gasteiger partial charge on any atom is 0.123 e. The summed E-state index contributed by atoms with van der Waals surface area (Å²) in [5.41, 5.74) is 3.80. The monoisotopic (exact) mass is 497 g/mol. The first-order valence-electron chi connectivity index (χ1n) is 8.68. The fourth-order valence-electron chi connectivity index (χ4n) is 2.87. The van der Waals surface area contributed by atoms with Crippen molar-refractivity contribution in [3.63, 3.8) is 0 Å². The van der Waals surface area contributed by atoms with E-state index in [0.717, 1.165) is 53.8 Å². The number of para-hydroxylation sites is 1. The minimum atomic E-state index is -0.233. The van der Waals surface area contributed by atoms with Gasteiger partial charge in [-0.05, 0) is 69.9 Å². The lowest BCUT2D eigenvalue weighted by Gasteiger charge is -2.13. The molecular formula is C21H26Br2FN3. The molecule has 27 heavy (non-hydrogen) atoms. The van der Waals surface area contributed by atoms with E-state index in [9.17, 15) is 4.39 Å². The topological polar surface area (TPSA) is 28.2 Å². The minimum absolute atomic E-state index is 0. The van der Waals surface area contributed by atoms with E-state index in [-0.39, 0.29) is 39.8 Å². The molecule has 0 fully saturated rings. The van der Waals surface area contributed by atoms with Crippen molar-refractivity contribution in [2.75, 3.05) is 32.5 Å². The number of halogens is 3. The predicted molar refractivity (Wildman–Crippen MR) is 124 cm³/mol. The largest absolute Gasteiger partial charge is 0.384 e. The van der Waals surface area contributed by atoms with E-state index in [4.69, 9.17) is 4.98 Å². The number of hydrogen-bond acceptors (Lipinski definition) is 3. The number of unbranched alkanes of at least 4 members (excludes halogenated alkanes) is 1. The van der Waals surface area contributed by atoms with Crippen LogP contribution in [-0.2, 0) is 0 Å². The Kier molecular flexibility index (Phi) is 9.91. The SMILES string of the molecule is Br.Br.CN(C)CCCCNc1cc(-c2ccc(F)cc2)nc2ccccc12. The van der Waals surface area contributed by atoms with Gasteiger partial charge in [-0.2, -0.15) is 0 Å². The summed E-state index contributed by atoms with van der Waals surface area (Å²) in [5.74, 6) is -0.233. The van der Waals surface area contributed by atoms with Crippen LogP contribution in [0.5, 0.6) is 0 Å². The molecule has 3 aromatic rings. The van der Waals surface area contributed by atoms with Crippen molar-refractivity contribution in [2.45, 2.75) is 12.8 Å². The zero-order chi connectivity index (χ0) is 17.6. The number of anilines is 1.